The summed E-state index contributed by atoms with van der Waals surface area (Å²) in [6.07, 6.45) is -1.86. The monoisotopic (exact) mass is 287 g/mol. The lowest BCUT2D eigenvalue weighted by atomic mass is 9.79. The summed E-state index contributed by atoms with van der Waals surface area (Å²) in [4.78, 5) is 15.3. The van der Waals surface area contributed by atoms with Crippen molar-refractivity contribution in [2.45, 2.75) is 37.8 Å². The number of aromatic nitrogens is 1. The average Bonchev–Trinajstić information content (AvgIpc) is 2.38. The summed E-state index contributed by atoms with van der Waals surface area (Å²) in [6.45, 7) is 0. The highest BCUT2D eigenvalue weighted by molar-refractivity contribution is 5.98. The third kappa shape index (κ3) is 2.86. The van der Waals surface area contributed by atoms with Gasteiger partial charge in [-0.2, -0.15) is 13.2 Å². The molecule has 0 aromatic carbocycles. The number of amides is 1. The largest absolute Gasteiger partial charge is 0.397 e. The molecule has 1 amide bonds. The second-order valence-electron chi connectivity index (χ2n) is 5.11. The third-order valence-electron chi connectivity index (χ3n) is 3.86. The Morgan fingerprint density at radius 1 is 1.25 bits per heavy atom. The number of nitrogen functional groups attached to an aromatic ring is 1. The zero-order valence-corrected chi connectivity index (χ0v) is 10.8. The Morgan fingerprint density at radius 2 is 1.85 bits per heavy atom. The van der Waals surface area contributed by atoms with Gasteiger partial charge in [0.25, 0.3) is 5.91 Å². The number of hydrogen-bond donors (Lipinski definition) is 2. The van der Waals surface area contributed by atoms with Gasteiger partial charge in [-0.3, -0.25) is 9.78 Å². The molecule has 2 rings (SSSR count). The fourth-order valence-corrected chi connectivity index (χ4v) is 2.72. The van der Waals surface area contributed by atoms with Gasteiger partial charge in [0, 0.05) is 12.1 Å². The standard InChI is InChI=1S/C13H16F3N3O/c14-13(15,16)8-3-1-7(2-4-8)11-10(17)9(12(18)20)5-6-19-11/h5-8H,1-4,17H2,(H2,18,20). The number of nitrogens with two attached hydrogens (primary N) is 2. The lowest BCUT2D eigenvalue weighted by molar-refractivity contribution is -0.182. The van der Waals surface area contributed by atoms with Crippen LogP contribution in [0.2, 0.25) is 0 Å². The number of nitrogens with zero attached hydrogens (tertiary/aromatic N) is 1. The van der Waals surface area contributed by atoms with Gasteiger partial charge in [-0.1, -0.05) is 0 Å². The Labute approximate surface area is 114 Å². The first-order chi connectivity index (χ1) is 9.30. The van der Waals surface area contributed by atoms with Gasteiger partial charge in [-0.25, -0.2) is 0 Å². The molecule has 1 heterocycles. The molecule has 0 atom stereocenters. The number of halogens is 3. The molecule has 1 saturated carbocycles. The number of carbonyl (C=O) groups excluding carboxylic acids is 1. The minimum absolute atomic E-state index is 0.0656. The first kappa shape index (κ1) is 14.6. The SMILES string of the molecule is NC(=O)c1ccnc(C2CCC(C(F)(F)F)CC2)c1N. The topological polar surface area (TPSA) is 82.0 Å². The average molecular weight is 287 g/mol. The smallest absolute Gasteiger partial charge is 0.391 e. The maximum Gasteiger partial charge on any atom is 0.391 e. The van der Waals surface area contributed by atoms with Crippen LogP contribution in [0.5, 0.6) is 0 Å². The van der Waals surface area contributed by atoms with Gasteiger partial charge in [0.1, 0.15) is 0 Å². The fourth-order valence-electron chi connectivity index (χ4n) is 2.72. The molecule has 1 aromatic heterocycles. The van der Waals surface area contributed by atoms with Crippen LogP contribution in [-0.4, -0.2) is 17.1 Å². The predicted molar refractivity (Wildman–Crippen MR) is 67.9 cm³/mol. The van der Waals surface area contributed by atoms with Crippen molar-refractivity contribution in [1.82, 2.24) is 4.98 Å². The quantitative estimate of drug-likeness (QED) is 0.877. The maximum absolute atomic E-state index is 12.6. The van der Waals surface area contributed by atoms with Crippen LogP contribution in [0.25, 0.3) is 0 Å². The zero-order valence-electron chi connectivity index (χ0n) is 10.8. The lowest BCUT2D eigenvalue weighted by Crippen LogP contribution is -2.28. The van der Waals surface area contributed by atoms with Gasteiger partial charge in [0.2, 0.25) is 0 Å². The summed E-state index contributed by atoms with van der Waals surface area (Å²) in [7, 11) is 0. The summed E-state index contributed by atoms with van der Waals surface area (Å²) in [5, 5.41) is 0. The number of anilines is 1. The van der Waals surface area contributed by atoms with Crippen LogP contribution >= 0.6 is 0 Å². The first-order valence-electron chi connectivity index (χ1n) is 6.41. The van der Waals surface area contributed by atoms with E-state index in [4.69, 9.17) is 11.5 Å². The third-order valence-corrected chi connectivity index (χ3v) is 3.86. The summed E-state index contributed by atoms with van der Waals surface area (Å²) in [5.41, 5.74) is 11.9. The van der Waals surface area contributed by atoms with E-state index in [1.165, 1.54) is 12.3 Å². The molecule has 1 fully saturated rings. The molecule has 0 saturated heterocycles. The molecule has 0 aliphatic heterocycles. The van der Waals surface area contributed by atoms with Crippen LogP contribution in [0.1, 0.15) is 47.7 Å². The van der Waals surface area contributed by atoms with Crippen molar-refractivity contribution in [2.24, 2.45) is 11.7 Å². The van der Waals surface area contributed by atoms with Gasteiger partial charge in [-0.05, 0) is 31.7 Å². The molecule has 20 heavy (non-hydrogen) atoms. The Kier molecular flexibility index (Phi) is 3.87. The van der Waals surface area contributed by atoms with E-state index in [2.05, 4.69) is 4.98 Å². The van der Waals surface area contributed by atoms with E-state index in [1.807, 2.05) is 0 Å². The molecular weight excluding hydrogens is 271 g/mol. The first-order valence-corrected chi connectivity index (χ1v) is 6.41. The van der Waals surface area contributed by atoms with Gasteiger partial charge in [0.05, 0.1) is 22.9 Å². The second-order valence-corrected chi connectivity index (χ2v) is 5.11. The lowest BCUT2D eigenvalue weighted by Gasteiger charge is -2.30. The van der Waals surface area contributed by atoms with Crippen molar-refractivity contribution < 1.29 is 18.0 Å². The Hall–Kier alpha value is -1.79. The molecule has 0 radical (unpaired) electrons. The predicted octanol–water partition coefficient (Wildman–Crippen LogP) is 2.60. The van der Waals surface area contributed by atoms with Crippen LogP contribution < -0.4 is 11.5 Å². The number of carbonyl (C=O) groups is 1. The highest BCUT2D eigenvalue weighted by Crippen LogP contribution is 2.43. The molecule has 110 valence electrons. The Balaban J connectivity index is 2.15. The highest BCUT2D eigenvalue weighted by Gasteiger charge is 2.42. The van der Waals surface area contributed by atoms with E-state index in [0.29, 0.717) is 18.5 Å². The Morgan fingerprint density at radius 3 is 2.35 bits per heavy atom. The number of primary amides is 1. The van der Waals surface area contributed by atoms with Crippen molar-refractivity contribution in [3.63, 3.8) is 0 Å². The molecule has 1 aliphatic rings. The molecule has 4 N–H and O–H groups in total. The number of rotatable bonds is 2. The van der Waals surface area contributed by atoms with E-state index in [9.17, 15) is 18.0 Å². The van der Waals surface area contributed by atoms with Crippen LogP contribution in [-0.2, 0) is 0 Å². The van der Waals surface area contributed by atoms with E-state index >= 15 is 0 Å². The Bertz CT molecular complexity index is 508. The summed E-state index contributed by atoms with van der Waals surface area (Å²) in [6, 6.07) is 1.42. The van der Waals surface area contributed by atoms with Gasteiger partial charge in [-0.15, -0.1) is 0 Å². The van der Waals surface area contributed by atoms with E-state index in [0.717, 1.165) is 0 Å². The van der Waals surface area contributed by atoms with E-state index < -0.39 is 18.0 Å². The number of alkyl halides is 3. The fraction of sp³-hybridized carbons (Fsp3) is 0.538. The van der Waals surface area contributed by atoms with Crippen molar-refractivity contribution in [1.29, 1.82) is 0 Å². The zero-order chi connectivity index (χ0) is 14.9. The molecule has 0 bridgehead atoms. The van der Waals surface area contributed by atoms with Crippen LogP contribution in [0.15, 0.2) is 12.3 Å². The molecule has 4 nitrogen and oxygen atoms in total. The maximum atomic E-state index is 12.6. The van der Waals surface area contributed by atoms with Crippen molar-refractivity contribution in [2.75, 3.05) is 5.73 Å². The van der Waals surface area contributed by atoms with Gasteiger partial charge in [0.15, 0.2) is 0 Å². The van der Waals surface area contributed by atoms with Gasteiger partial charge < -0.3 is 11.5 Å². The highest BCUT2D eigenvalue weighted by atomic mass is 19.4. The van der Waals surface area contributed by atoms with E-state index in [1.54, 1.807) is 0 Å². The van der Waals surface area contributed by atoms with Crippen molar-refractivity contribution in [3.8, 4) is 0 Å². The molecule has 0 spiro atoms. The number of pyridine rings is 1. The van der Waals surface area contributed by atoms with Crippen molar-refractivity contribution >= 4 is 11.6 Å². The molecular formula is C13H16F3N3O. The van der Waals surface area contributed by atoms with Crippen LogP contribution in [0.3, 0.4) is 0 Å². The molecule has 7 heteroatoms. The minimum Gasteiger partial charge on any atom is -0.397 e. The van der Waals surface area contributed by atoms with Crippen LogP contribution in [0, 0.1) is 5.92 Å². The van der Waals surface area contributed by atoms with E-state index in [-0.39, 0.29) is 30.0 Å². The summed E-state index contributed by atoms with van der Waals surface area (Å²) >= 11 is 0. The van der Waals surface area contributed by atoms with Crippen molar-refractivity contribution in [3.05, 3.63) is 23.5 Å². The summed E-state index contributed by atoms with van der Waals surface area (Å²) < 4.78 is 37.9. The minimum atomic E-state index is -4.14. The normalized spacial score (nSPS) is 23.6. The summed E-state index contributed by atoms with van der Waals surface area (Å²) in [5.74, 6) is -2.05. The van der Waals surface area contributed by atoms with Gasteiger partial charge >= 0.3 is 6.18 Å². The number of hydrogen-bond acceptors (Lipinski definition) is 3. The van der Waals surface area contributed by atoms with Crippen LogP contribution in [0.4, 0.5) is 18.9 Å². The second kappa shape index (κ2) is 5.30. The molecule has 0 unspecified atom stereocenters. The molecule has 1 aromatic rings. The molecule has 1 aliphatic carbocycles.